The highest BCUT2D eigenvalue weighted by Gasteiger charge is 2.44. The number of nitrogens with zero attached hydrogens (tertiary/aromatic N) is 3. The summed E-state index contributed by atoms with van der Waals surface area (Å²) in [5.41, 5.74) is 0.851. The second kappa shape index (κ2) is 7.70. The van der Waals surface area contributed by atoms with Gasteiger partial charge in [-0.2, -0.15) is 0 Å². The van der Waals surface area contributed by atoms with E-state index in [9.17, 15) is 14.0 Å². The monoisotopic (exact) mass is 408 g/mol. The van der Waals surface area contributed by atoms with E-state index in [4.69, 9.17) is 0 Å². The molecule has 0 radical (unpaired) electrons. The summed E-state index contributed by atoms with van der Waals surface area (Å²) in [4.78, 5) is 33.7. The molecule has 0 aliphatic carbocycles. The number of amides is 2. The molecule has 3 saturated heterocycles. The molecule has 0 saturated carbocycles. The standard InChI is InChI=1S/C23H25FN4O2/c24-18-3-1-4-19(10-18)26-23(30)16-7-8-21(25-11-16)27-12-15-9-17(14-27)20-5-2-6-22(29)28(20)13-15/h1,3-4,7-8,10-11,15,17,20H,2,5-6,9,12-14H2,(H,26,30)/t15?,17?,20-/m1/s1. The van der Waals surface area contributed by atoms with Gasteiger partial charge in [-0.1, -0.05) is 6.07 Å². The summed E-state index contributed by atoms with van der Waals surface area (Å²) in [5, 5.41) is 2.70. The van der Waals surface area contributed by atoms with E-state index >= 15 is 0 Å². The molecule has 5 rings (SSSR count). The van der Waals surface area contributed by atoms with E-state index in [2.05, 4.69) is 20.1 Å². The number of hydrogen-bond acceptors (Lipinski definition) is 4. The summed E-state index contributed by atoms with van der Waals surface area (Å²) >= 11 is 0. The Morgan fingerprint density at radius 1 is 1.17 bits per heavy atom. The van der Waals surface area contributed by atoms with Gasteiger partial charge in [-0.3, -0.25) is 9.59 Å². The summed E-state index contributed by atoms with van der Waals surface area (Å²) in [7, 11) is 0. The molecular weight excluding hydrogens is 383 g/mol. The Kier molecular flexibility index (Phi) is 4.89. The van der Waals surface area contributed by atoms with Crippen molar-refractivity contribution in [3.63, 3.8) is 0 Å². The minimum absolute atomic E-state index is 0.313. The van der Waals surface area contributed by atoms with Crippen molar-refractivity contribution >= 4 is 23.3 Å². The number of carbonyl (C=O) groups is 2. The van der Waals surface area contributed by atoms with E-state index in [1.54, 1.807) is 24.4 Å². The number of hydrogen-bond donors (Lipinski definition) is 1. The summed E-state index contributed by atoms with van der Waals surface area (Å²) in [6.07, 6.45) is 5.54. The highest BCUT2D eigenvalue weighted by molar-refractivity contribution is 6.04. The number of anilines is 2. The van der Waals surface area contributed by atoms with Crippen molar-refractivity contribution in [3.8, 4) is 0 Å². The number of fused-ring (bicyclic) bond motifs is 4. The normalized spacial score (nSPS) is 25.6. The van der Waals surface area contributed by atoms with Gasteiger partial charge >= 0.3 is 0 Å². The van der Waals surface area contributed by atoms with E-state index in [1.807, 2.05) is 6.07 Å². The molecule has 30 heavy (non-hydrogen) atoms. The van der Waals surface area contributed by atoms with Crippen molar-refractivity contribution in [3.05, 3.63) is 54.0 Å². The molecule has 0 spiro atoms. The van der Waals surface area contributed by atoms with Crippen LogP contribution >= 0.6 is 0 Å². The van der Waals surface area contributed by atoms with Gasteiger partial charge in [0.1, 0.15) is 11.6 Å². The molecular formula is C23H25FN4O2. The van der Waals surface area contributed by atoms with Crippen molar-refractivity contribution in [2.75, 3.05) is 29.9 Å². The molecule has 1 aromatic heterocycles. The van der Waals surface area contributed by atoms with Crippen LogP contribution in [0, 0.1) is 17.7 Å². The zero-order valence-corrected chi connectivity index (χ0v) is 16.8. The Bertz CT molecular complexity index is 964. The van der Waals surface area contributed by atoms with E-state index in [-0.39, 0.29) is 5.91 Å². The SMILES string of the molecule is O=C(Nc1cccc(F)c1)c1ccc(N2CC3CC(C2)[C@H]2CCCC(=O)N2C3)nc1. The number of nitrogens with one attached hydrogen (secondary N) is 1. The predicted molar refractivity (Wildman–Crippen MR) is 112 cm³/mol. The highest BCUT2D eigenvalue weighted by Crippen LogP contribution is 2.38. The minimum Gasteiger partial charge on any atom is -0.356 e. The molecule has 3 fully saturated rings. The van der Waals surface area contributed by atoms with E-state index in [0.717, 1.165) is 38.3 Å². The van der Waals surface area contributed by atoms with Crippen LogP contribution in [0.25, 0.3) is 0 Å². The fraction of sp³-hybridized carbons (Fsp3) is 0.435. The van der Waals surface area contributed by atoms with Gasteiger partial charge in [0.25, 0.3) is 5.91 Å². The van der Waals surface area contributed by atoms with Gasteiger partial charge in [0.15, 0.2) is 0 Å². The fourth-order valence-corrected chi connectivity index (χ4v) is 5.27. The van der Waals surface area contributed by atoms with Crippen molar-refractivity contribution in [2.24, 2.45) is 11.8 Å². The van der Waals surface area contributed by atoms with Crippen molar-refractivity contribution in [1.82, 2.24) is 9.88 Å². The van der Waals surface area contributed by atoms with Gasteiger partial charge in [0.2, 0.25) is 5.91 Å². The lowest BCUT2D eigenvalue weighted by Crippen LogP contribution is -2.60. The Labute approximate surface area is 175 Å². The molecule has 3 aliphatic rings. The summed E-state index contributed by atoms with van der Waals surface area (Å²) in [6.45, 7) is 2.63. The van der Waals surface area contributed by atoms with Crippen LogP contribution in [-0.4, -0.2) is 47.4 Å². The third kappa shape index (κ3) is 3.64. The van der Waals surface area contributed by atoms with E-state index < -0.39 is 5.82 Å². The quantitative estimate of drug-likeness (QED) is 0.846. The molecule has 7 heteroatoms. The third-order valence-corrected chi connectivity index (χ3v) is 6.60. The molecule has 1 aromatic carbocycles. The van der Waals surface area contributed by atoms with Gasteiger partial charge in [-0.15, -0.1) is 0 Å². The number of piperidine rings is 3. The maximum absolute atomic E-state index is 13.3. The first-order valence-electron chi connectivity index (χ1n) is 10.6. The number of pyridine rings is 1. The van der Waals surface area contributed by atoms with Crippen LogP contribution in [0.4, 0.5) is 15.9 Å². The van der Waals surface area contributed by atoms with Crippen molar-refractivity contribution < 1.29 is 14.0 Å². The van der Waals surface area contributed by atoms with Gasteiger partial charge in [-0.05, 0) is 61.4 Å². The van der Waals surface area contributed by atoms with Gasteiger partial charge in [-0.25, -0.2) is 9.37 Å². The second-order valence-corrected chi connectivity index (χ2v) is 8.64. The molecule has 156 valence electrons. The zero-order chi connectivity index (χ0) is 20.7. The Morgan fingerprint density at radius 3 is 2.87 bits per heavy atom. The minimum atomic E-state index is -0.393. The molecule has 3 atom stereocenters. The maximum Gasteiger partial charge on any atom is 0.257 e. The average molecular weight is 408 g/mol. The Hall–Kier alpha value is -2.96. The Balaban J connectivity index is 1.27. The van der Waals surface area contributed by atoms with Crippen LogP contribution in [0.1, 0.15) is 36.0 Å². The van der Waals surface area contributed by atoms with E-state index in [1.165, 1.54) is 18.6 Å². The van der Waals surface area contributed by atoms with Crippen LogP contribution in [-0.2, 0) is 4.79 Å². The number of carbonyl (C=O) groups excluding carboxylic acids is 2. The first-order chi connectivity index (χ1) is 14.6. The lowest BCUT2D eigenvalue weighted by Gasteiger charge is -2.52. The number of rotatable bonds is 3. The topological polar surface area (TPSA) is 65.5 Å². The number of halogens is 1. The van der Waals surface area contributed by atoms with Gasteiger partial charge in [0, 0.05) is 44.0 Å². The summed E-state index contributed by atoms with van der Waals surface area (Å²) in [5.74, 6) is 1.43. The van der Waals surface area contributed by atoms with Crippen LogP contribution in [0.15, 0.2) is 42.6 Å². The molecule has 2 unspecified atom stereocenters. The summed E-state index contributed by atoms with van der Waals surface area (Å²) < 4.78 is 13.3. The van der Waals surface area contributed by atoms with Crippen molar-refractivity contribution in [1.29, 1.82) is 0 Å². The van der Waals surface area contributed by atoms with E-state index in [0.29, 0.717) is 41.5 Å². The van der Waals surface area contributed by atoms with Gasteiger partial charge < -0.3 is 15.1 Å². The molecule has 1 N–H and O–H groups in total. The molecule has 2 amide bonds. The third-order valence-electron chi connectivity index (χ3n) is 6.60. The molecule has 3 aliphatic heterocycles. The number of benzene rings is 1. The zero-order valence-electron chi connectivity index (χ0n) is 16.8. The molecule has 2 aromatic rings. The fourth-order valence-electron chi connectivity index (χ4n) is 5.27. The summed E-state index contributed by atoms with van der Waals surface area (Å²) in [6, 6.07) is 9.83. The lowest BCUT2D eigenvalue weighted by molar-refractivity contribution is -0.142. The molecule has 4 heterocycles. The second-order valence-electron chi connectivity index (χ2n) is 8.64. The smallest absolute Gasteiger partial charge is 0.257 e. The average Bonchev–Trinajstić information content (AvgIpc) is 2.74. The number of aromatic nitrogens is 1. The van der Waals surface area contributed by atoms with Crippen molar-refractivity contribution in [2.45, 2.75) is 31.7 Å². The van der Waals surface area contributed by atoms with Crippen LogP contribution < -0.4 is 10.2 Å². The molecule has 6 nitrogen and oxygen atoms in total. The van der Waals surface area contributed by atoms with Crippen LogP contribution in [0.3, 0.4) is 0 Å². The highest BCUT2D eigenvalue weighted by atomic mass is 19.1. The first-order valence-corrected chi connectivity index (χ1v) is 10.6. The van der Waals surface area contributed by atoms with Crippen LogP contribution in [0.5, 0.6) is 0 Å². The molecule has 2 bridgehead atoms. The Morgan fingerprint density at radius 2 is 2.07 bits per heavy atom. The predicted octanol–water partition coefficient (Wildman–Crippen LogP) is 3.31. The largest absolute Gasteiger partial charge is 0.356 e. The van der Waals surface area contributed by atoms with Gasteiger partial charge in [0.05, 0.1) is 5.56 Å². The first kappa shape index (κ1) is 19.0. The maximum atomic E-state index is 13.3. The lowest BCUT2D eigenvalue weighted by atomic mass is 9.76. The van der Waals surface area contributed by atoms with Crippen LogP contribution in [0.2, 0.25) is 0 Å².